The molecule has 0 aliphatic rings. The number of alkyl halides is 3. The number of nitrogens with zero attached hydrogens (tertiary/aromatic N) is 3. The van der Waals surface area contributed by atoms with E-state index in [0.29, 0.717) is 36.4 Å². The van der Waals surface area contributed by atoms with E-state index in [1.807, 2.05) is 25.4 Å². The summed E-state index contributed by atoms with van der Waals surface area (Å²) in [5.74, 6) is 1.13. The van der Waals surface area contributed by atoms with Crippen LogP contribution in [0.1, 0.15) is 28.1 Å². The maximum Gasteiger partial charge on any atom is 0.416 e. The molecule has 0 radical (unpaired) electrons. The van der Waals surface area contributed by atoms with Crippen molar-refractivity contribution in [3.8, 4) is 11.5 Å². The zero-order valence-electron chi connectivity index (χ0n) is 17.8. The van der Waals surface area contributed by atoms with Gasteiger partial charge in [-0.15, -0.1) is 0 Å². The van der Waals surface area contributed by atoms with Crippen LogP contribution < -0.4 is 10.3 Å². The van der Waals surface area contributed by atoms with Gasteiger partial charge in [-0.25, -0.2) is 0 Å². The van der Waals surface area contributed by atoms with E-state index < -0.39 is 11.7 Å². The molecule has 0 amide bonds. The molecule has 170 valence electrons. The third kappa shape index (κ3) is 5.88. The Bertz CT molecular complexity index is 1290. The average Bonchev–Trinajstić information content (AvgIpc) is 3.19. The van der Waals surface area contributed by atoms with Crippen molar-refractivity contribution < 1.29 is 17.9 Å². The molecule has 2 heterocycles. The van der Waals surface area contributed by atoms with Gasteiger partial charge in [0.15, 0.2) is 0 Å². The van der Waals surface area contributed by atoms with E-state index in [-0.39, 0.29) is 11.3 Å². The largest absolute Gasteiger partial charge is 0.457 e. The second-order valence-corrected chi connectivity index (χ2v) is 7.65. The number of halogens is 3. The van der Waals surface area contributed by atoms with Crippen molar-refractivity contribution in [1.82, 2.24) is 19.7 Å². The number of aromatic amines is 1. The highest BCUT2D eigenvalue weighted by Gasteiger charge is 2.30. The Hall–Kier alpha value is -3.88. The van der Waals surface area contributed by atoms with Crippen molar-refractivity contribution in [3.05, 3.63) is 106 Å². The molecule has 0 fully saturated rings. The van der Waals surface area contributed by atoms with Crippen LogP contribution in [0.3, 0.4) is 0 Å². The first-order valence-corrected chi connectivity index (χ1v) is 10.3. The number of H-pyrrole nitrogens is 1. The summed E-state index contributed by atoms with van der Waals surface area (Å²) >= 11 is 0. The van der Waals surface area contributed by atoms with Crippen LogP contribution in [0.5, 0.6) is 11.5 Å². The monoisotopic (exact) mass is 454 g/mol. The summed E-state index contributed by atoms with van der Waals surface area (Å²) in [6, 6.07) is 11.8. The molecule has 0 unspecified atom stereocenters. The Kier molecular flexibility index (Phi) is 6.30. The van der Waals surface area contributed by atoms with Gasteiger partial charge >= 0.3 is 6.18 Å². The third-order valence-corrected chi connectivity index (χ3v) is 5.05. The topological polar surface area (TPSA) is 72.8 Å². The summed E-state index contributed by atoms with van der Waals surface area (Å²) in [7, 11) is 1.82. The molecule has 0 saturated carbocycles. The first kappa shape index (κ1) is 22.3. The van der Waals surface area contributed by atoms with Crippen LogP contribution in [0, 0.1) is 0 Å². The normalized spacial score (nSPS) is 11.5. The van der Waals surface area contributed by atoms with Crippen molar-refractivity contribution in [1.29, 1.82) is 0 Å². The molecule has 0 aliphatic carbocycles. The van der Waals surface area contributed by atoms with Gasteiger partial charge in [-0.2, -0.15) is 23.3 Å². The van der Waals surface area contributed by atoms with Gasteiger partial charge in [0.25, 0.3) is 5.56 Å². The Morgan fingerprint density at radius 1 is 1.03 bits per heavy atom. The quantitative estimate of drug-likeness (QED) is 0.440. The molecule has 0 atom stereocenters. The number of hydrogen-bond acceptors (Lipinski definition) is 4. The predicted molar refractivity (Wildman–Crippen MR) is 116 cm³/mol. The van der Waals surface area contributed by atoms with E-state index in [1.165, 1.54) is 12.1 Å². The van der Waals surface area contributed by atoms with Crippen LogP contribution in [0.15, 0.2) is 71.9 Å². The first-order valence-electron chi connectivity index (χ1n) is 10.3. The Balaban J connectivity index is 1.35. The molecule has 2 aromatic heterocycles. The van der Waals surface area contributed by atoms with Crippen molar-refractivity contribution in [2.75, 3.05) is 0 Å². The van der Waals surface area contributed by atoms with Crippen LogP contribution in [-0.2, 0) is 32.5 Å². The fourth-order valence-corrected chi connectivity index (χ4v) is 3.36. The Morgan fingerprint density at radius 2 is 1.82 bits per heavy atom. The number of benzene rings is 2. The van der Waals surface area contributed by atoms with Crippen LogP contribution in [0.4, 0.5) is 13.2 Å². The molecule has 33 heavy (non-hydrogen) atoms. The SMILES string of the molecule is Cn1cc(Cc2c[nH]c(CCc3ccc(Oc4cccc(C(F)(F)F)c4)cc3)nc2=O)cn1. The molecule has 9 heteroatoms. The highest BCUT2D eigenvalue weighted by atomic mass is 19.4. The standard InChI is InChI=1S/C24H21F3N4O2/c1-31-15-17(13-29-31)11-18-14-28-22(30-23(18)32)10-7-16-5-8-20(9-6-16)33-21-4-2-3-19(12-21)24(25,26)27/h2-6,8-9,12-15H,7,10-11H2,1H3,(H,28,30,32). The van der Waals surface area contributed by atoms with Gasteiger partial charge in [0.2, 0.25) is 0 Å². The molecule has 4 rings (SSSR count). The minimum atomic E-state index is -4.42. The van der Waals surface area contributed by atoms with Gasteiger partial charge in [-0.3, -0.25) is 9.48 Å². The van der Waals surface area contributed by atoms with Gasteiger partial charge in [-0.05, 0) is 47.9 Å². The lowest BCUT2D eigenvalue weighted by atomic mass is 10.1. The number of aromatic nitrogens is 4. The van der Waals surface area contributed by atoms with Gasteiger partial charge < -0.3 is 9.72 Å². The summed E-state index contributed by atoms with van der Waals surface area (Å²) in [5.41, 5.74) is 1.46. The average molecular weight is 454 g/mol. The van der Waals surface area contributed by atoms with Crippen LogP contribution in [-0.4, -0.2) is 19.7 Å². The zero-order chi connectivity index (χ0) is 23.4. The minimum Gasteiger partial charge on any atom is -0.457 e. The molecular formula is C24H21F3N4O2. The molecule has 0 bridgehead atoms. The third-order valence-electron chi connectivity index (χ3n) is 5.05. The first-order chi connectivity index (χ1) is 15.8. The Labute approximate surface area is 187 Å². The lowest BCUT2D eigenvalue weighted by molar-refractivity contribution is -0.137. The summed E-state index contributed by atoms with van der Waals surface area (Å²) in [5, 5.41) is 4.10. The van der Waals surface area contributed by atoms with Gasteiger partial charge in [0, 0.05) is 37.8 Å². The summed E-state index contributed by atoms with van der Waals surface area (Å²) in [6.45, 7) is 0. The Morgan fingerprint density at radius 3 is 2.48 bits per heavy atom. The van der Waals surface area contributed by atoms with Crippen molar-refractivity contribution in [2.45, 2.75) is 25.4 Å². The van der Waals surface area contributed by atoms with E-state index in [1.54, 1.807) is 29.2 Å². The lowest BCUT2D eigenvalue weighted by Gasteiger charge is -2.10. The highest BCUT2D eigenvalue weighted by molar-refractivity contribution is 5.36. The molecule has 1 N–H and O–H groups in total. The van der Waals surface area contributed by atoms with E-state index in [4.69, 9.17) is 4.74 Å². The number of rotatable bonds is 7. The number of nitrogens with one attached hydrogen (secondary N) is 1. The second kappa shape index (κ2) is 9.32. The second-order valence-electron chi connectivity index (χ2n) is 7.65. The van der Waals surface area contributed by atoms with Crippen molar-refractivity contribution in [2.24, 2.45) is 7.05 Å². The smallest absolute Gasteiger partial charge is 0.416 e. The summed E-state index contributed by atoms with van der Waals surface area (Å²) in [4.78, 5) is 19.5. The van der Waals surface area contributed by atoms with E-state index in [2.05, 4.69) is 15.1 Å². The predicted octanol–water partition coefficient (Wildman–Crippen LogP) is 4.69. The van der Waals surface area contributed by atoms with Gasteiger partial charge in [-0.1, -0.05) is 18.2 Å². The summed E-state index contributed by atoms with van der Waals surface area (Å²) in [6.07, 6.45) is 2.47. The molecule has 2 aromatic carbocycles. The van der Waals surface area contributed by atoms with E-state index >= 15 is 0 Å². The molecule has 6 nitrogen and oxygen atoms in total. The lowest BCUT2D eigenvalue weighted by Crippen LogP contribution is -2.17. The molecule has 4 aromatic rings. The van der Waals surface area contributed by atoms with Crippen LogP contribution in [0.2, 0.25) is 0 Å². The van der Waals surface area contributed by atoms with E-state index in [9.17, 15) is 18.0 Å². The van der Waals surface area contributed by atoms with Crippen molar-refractivity contribution >= 4 is 0 Å². The number of aryl methyl sites for hydroxylation is 3. The molecule has 0 spiro atoms. The van der Waals surface area contributed by atoms with E-state index in [0.717, 1.165) is 23.3 Å². The van der Waals surface area contributed by atoms with Crippen LogP contribution in [0.25, 0.3) is 0 Å². The fraction of sp³-hybridized carbons (Fsp3) is 0.208. The number of ether oxygens (including phenoxy) is 1. The van der Waals surface area contributed by atoms with Crippen LogP contribution >= 0.6 is 0 Å². The molecule has 0 aliphatic heterocycles. The fourth-order valence-electron chi connectivity index (χ4n) is 3.36. The molecule has 0 saturated heterocycles. The zero-order valence-corrected chi connectivity index (χ0v) is 17.8. The summed E-state index contributed by atoms with van der Waals surface area (Å²) < 4.78 is 45.8. The number of hydrogen-bond donors (Lipinski definition) is 1. The van der Waals surface area contributed by atoms with Gasteiger partial charge in [0.1, 0.15) is 17.3 Å². The highest BCUT2D eigenvalue weighted by Crippen LogP contribution is 2.32. The van der Waals surface area contributed by atoms with Gasteiger partial charge in [0.05, 0.1) is 11.8 Å². The maximum atomic E-state index is 12.8. The minimum absolute atomic E-state index is 0.116. The maximum absolute atomic E-state index is 12.8. The molecular weight excluding hydrogens is 433 g/mol. The van der Waals surface area contributed by atoms with Crippen molar-refractivity contribution in [3.63, 3.8) is 0 Å².